The van der Waals surface area contributed by atoms with E-state index in [1.807, 2.05) is 49.3 Å². The number of piperidine rings is 1. The first-order valence-corrected chi connectivity index (χ1v) is 9.35. The number of sulfonamides is 1. The molecule has 0 saturated carbocycles. The molecule has 1 N–H and O–H groups in total. The number of β-amino-alcohol motifs (C(OH)–C–C–N with tert-alkyl or cyclic N) is 1. The van der Waals surface area contributed by atoms with Gasteiger partial charge in [-0.25, -0.2) is 8.42 Å². The molecule has 0 bridgehead atoms. The summed E-state index contributed by atoms with van der Waals surface area (Å²) in [6.45, 7) is 1.40. The molecule has 1 heterocycles. The van der Waals surface area contributed by atoms with Gasteiger partial charge in [-0.2, -0.15) is 4.31 Å². The minimum Gasteiger partial charge on any atom is -0.384 e. The molecule has 2 rings (SSSR count). The second-order valence-electron chi connectivity index (χ2n) is 6.31. The summed E-state index contributed by atoms with van der Waals surface area (Å²) in [5.41, 5.74) is -0.281. The maximum atomic E-state index is 12.5. The van der Waals surface area contributed by atoms with Crippen molar-refractivity contribution in [2.45, 2.75) is 24.9 Å². The van der Waals surface area contributed by atoms with Crippen molar-refractivity contribution >= 4 is 10.0 Å². The number of aliphatic hydroxyl groups is 1. The van der Waals surface area contributed by atoms with E-state index < -0.39 is 15.6 Å². The van der Waals surface area contributed by atoms with E-state index in [0.29, 0.717) is 25.8 Å². The third kappa shape index (κ3) is 4.29. The van der Waals surface area contributed by atoms with Crippen molar-refractivity contribution in [3.8, 4) is 0 Å². The minimum absolute atomic E-state index is 0.135. The Labute approximate surface area is 133 Å². The van der Waals surface area contributed by atoms with E-state index in [1.165, 1.54) is 4.31 Å². The highest BCUT2D eigenvalue weighted by molar-refractivity contribution is 7.89. The molecular weight excluding hydrogens is 300 g/mol. The quantitative estimate of drug-likeness (QED) is 0.855. The van der Waals surface area contributed by atoms with Crippen molar-refractivity contribution in [3.63, 3.8) is 0 Å². The van der Waals surface area contributed by atoms with Crippen LogP contribution < -0.4 is 0 Å². The molecule has 1 aliphatic rings. The zero-order valence-corrected chi connectivity index (χ0v) is 14.2. The number of nitrogens with zero attached hydrogens (tertiary/aromatic N) is 2. The Bertz CT molecular complexity index is 574. The molecule has 1 unspecified atom stereocenters. The maximum Gasteiger partial charge on any atom is 0.214 e. The van der Waals surface area contributed by atoms with E-state index in [4.69, 9.17) is 0 Å². The summed E-state index contributed by atoms with van der Waals surface area (Å²) in [5.74, 6) is 0.135. The van der Waals surface area contributed by atoms with E-state index in [0.717, 1.165) is 12.1 Å². The molecule has 0 aromatic heterocycles. The summed E-state index contributed by atoms with van der Waals surface area (Å²) in [5, 5.41) is 10.9. The van der Waals surface area contributed by atoms with Gasteiger partial charge in [-0.3, -0.25) is 0 Å². The molecule has 1 aliphatic heterocycles. The normalized spacial score (nSPS) is 23.8. The number of rotatable bonds is 6. The fourth-order valence-corrected chi connectivity index (χ4v) is 4.48. The minimum atomic E-state index is -3.31. The summed E-state index contributed by atoms with van der Waals surface area (Å²) in [6, 6.07) is 9.37. The van der Waals surface area contributed by atoms with Crippen LogP contribution in [0.3, 0.4) is 0 Å². The molecule has 0 spiro atoms. The summed E-state index contributed by atoms with van der Waals surface area (Å²) < 4.78 is 26.4. The summed E-state index contributed by atoms with van der Waals surface area (Å²) in [7, 11) is 0.553. The van der Waals surface area contributed by atoms with Gasteiger partial charge in [0, 0.05) is 13.1 Å². The van der Waals surface area contributed by atoms with Gasteiger partial charge in [0.25, 0.3) is 0 Å². The highest BCUT2D eigenvalue weighted by atomic mass is 32.2. The van der Waals surface area contributed by atoms with Crippen molar-refractivity contribution in [1.82, 2.24) is 9.21 Å². The smallest absolute Gasteiger partial charge is 0.214 e. The standard InChI is InChI=1S/C16H26N2O3S/c1-17(2)11-7-13-22(20,21)18-12-6-10-16(19,14-18)15-8-4-3-5-9-15/h3-5,8-9,19H,6-7,10-14H2,1-2H3. The van der Waals surface area contributed by atoms with Gasteiger partial charge in [0.1, 0.15) is 5.60 Å². The SMILES string of the molecule is CN(C)CCCS(=O)(=O)N1CCCC(O)(c2ccccc2)C1. The summed E-state index contributed by atoms with van der Waals surface area (Å²) in [6.07, 6.45) is 1.88. The van der Waals surface area contributed by atoms with E-state index in [-0.39, 0.29) is 12.3 Å². The van der Waals surface area contributed by atoms with Gasteiger partial charge < -0.3 is 10.0 Å². The van der Waals surface area contributed by atoms with Crippen LogP contribution in [0.5, 0.6) is 0 Å². The lowest BCUT2D eigenvalue weighted by molar-refractivity contribution is -0.0124. The molecule has 1 fully saturated rings. The van der Waals surface area contributed by atoms with Crippen LogP contribution in [-0.2, 0) is 15.6 Å². The van der Waals surface area contributed by atoms with Crippen LogP contribution in [0.4, 0.5) is 0 Å². The summed E-state index contributed by atoms with van der Waals surface area (Å²) in [4.78, 5) is 1.98. The molecule has 124 valence electrons. The highest BCUT2D eigenvalue weighted by Crippen LogP contribution is 2.32. The second-order valence-corrected chi connectivity index (χ2v) is 8.40. The lowest BCUT2D eigenvalue weighted by Crippen LogP contribution is -2.49. The molecule has 1 saturated heterocycles. The average Bonchev–Trinajstić information content (AvgIpc) is 2.47. The fraction of sp³-hybridized carbons (Fsp3) is 0.625. The Morgan fingerprint density at radius 2 is 1.95 bits per heavy atom. The molecule has 1 atom stereocenters. The van der Waals surface area contributed by atoms with E-state index in [1.54, 1.807) is 0 Å². The number of hydrogen-bond acceptors (Lipinski definition) is 4. The molecule has 22 heavy (non-hydrogen) atoms. The molecule has 6 heteroatoms. The third-order valence-electron chi connectivity index (χ3n) is 4.15. The lowest BCUT2D eigenvalue weighted by atomic mass is 9.87. The largest absolute Gasteiger partial charge is 0.384 e. The molecular formula is C16H26N2O3S. The molecule has 0 aliphatic carbocycles. The molecule has 1 aromatic carbocycles. The van der Waals surface area contributed by atoms with Crippen molar-refractivity contribution in [1.29, 1.82) is 0 Å². The average molecular weight is 326 g/mol. The summed E-state index contributed by atoms with van der Waals surface area (Å²) >= 11 is 0. The first-order chi connectivity index (χ1) is 10.3. The zero-order chi connectivity index (χ0) is 16.2. The molecule has 0 amide bonds. The Morgan fingerprint density at radius 1 is 1.27 bits per heavy atom. The first-order valence-electron chi connectivity index (χ1n) is 7.74. The Morgan fingerprint density at radius 3 is 2.59 bits per heavy atom. The molecule has 0 radical (unpaired) electrons. The van der Waals surface area contributed by atoms with Gasteiger partial charge in [0.05, 0.1) is 5.75 Å². The predicted molar refractivity (Wildman–Crippen MR) is 88.1 cm³/mol. The van der Waals surface area contributed by atoms with E-state index in [9.17, 15) is 13.5 Å². The van der Waals surface area contributed by atoms with Crippen LogP contribution in [0, 0.1) is 0 Å². The maximum absolute atomic E-state index is 12.5. The van der Waals surface area contributed by atoms with Crippen LogP contribution >= 0.6 is 0 Å². The van der Waals surface area contributed by atoms with Crippen molar-refractivity contribution < 1.29 is 13.5 Å². The monoisotopic (exact) mass is 326 g/mol. The van der Waals surface area contributed by atoms with Crippen LogP contribution in [0.15, 0.2) is 30.3 Å². The van der Waals surface area contributed by atoms with E-state index in [2.05, 4.69) is 0 Å². The fourth-order valence-electron chi connectivity index (χ4n) is 2.91. The van der Waals surface area contributed by atoms with Gasteiger partial charge in [-0.05, 0) is 45.5 Å². The van der Waals surface area contributed by atoms with Gasteiger partial charge >= 0.3 is 0 Å². The van der Waals surface area contributed by atoms with Crippen molar-refractivity contribution in [2.24, 2.45) is 0 Å². The Kier molecular flexibility index (Phi) is 5.60. The van der Waals surface area contributed by atoms with Gasteiger partial charge in [-0.1, -0.05) is 30.3 Å². The Hall–Kier alpha value is -0.950. The topological polar surface area (TPSA) is 60.9 Å². The van der Waals surface area contributed by atoms with Crippen molar-refractivity contribution in [3.05, 3.63) is 35.9 Å². The van der Waals surface area contributed by atoms with Gasteiger partial charge in [0.15, 0.2) is 0 Å². The highest BCUT2D eigenvalue weighted by Gasteiger charge is 2.38. The predicted octanol–water partition coefficient (Wildman–Crippen LogP) is 1.25. The van der Waals surface area contributed by atoms with Crippen LogP contribution in [0.1, 0.15) is 24.8 Å². The Balaban J connectivity index is 2.07. The zero-order valence-electron chi connectivity index (χ0n) is 13.4. The first kappa shape index (κ1) is 17.4. The number of hydrogen-bond donors (Lipinski definition) is 1. The van der Waals surface area contributed by atoms with Crippen LogP contribution in [-0.4, -0.2) is 62.2 Å². The van der Waals surface area contributed by atoms with Crippen molar-refractivity contribution in [2.75, 3.05) is 39.5 Å². The van der Waals surface area contributed by atoms with E-state index >= 15 is 0 Å². The van der Waals surface area contributed by atoms with Gasteiger partial charge in [0.2, 0.25) is 10.0 Å². The van der Waals surface area contributed by atoms with Crippen LogP contribution in [0.25, 0.3) is 0 Å². The van der Waals surface area contributed by atoms with Gasteiger partial charge in [-0.15, -0.1) is 0 Å². The second kappa shape index (κ2) is 7.08. The lowest BCUT2D eigenvalue weighted by Gasteiger charge is -2.38. The number of benzene rings is 1. The van der Waals surface area contributed by atoms with Crippen LogP contribution in [0.2, 0.25) is 0 Å². The molecule has 5 nitrogen and oxygen atoms in total. The third-order valence-corrected chi connectivity index (χ3v) is 6.05. The molecule has 1 aromatic rings.